The maximum Gasteiger partial charge on any atom is 0.253 e. The van der Waals surface area contributed by atoms with Crippen LogP contribution in [0.1, 0.15) is 40.2 Å². The second kappa shape index (κ2) is 6.20. The lowest BCUT2D eigenvalue weighted by Crippen LogP contribution is -2.32. The quantitative estimate of drug-likeness (QED) is 0.861. The molecule has 4 heteroatoms. The van der Waals surface area contributed by atoms with E-state index in [0.29, 0.717) is 6.54 Å². The van der Waals surface area contributed by atoms with Crippen molar-refractivity contribution in [2.45, 2.75) is 33.2 Å². The van der Waals surface area contributed by atoms with Crippen molar-refractivity contribution in [1.29, 1.82) is 0 Å². The number of carbonyl (C=O) groups is 1. The highest BCUT2D eigenvalue weighted by Gasteiger charge is 2.42. The Bertz CT molecular complexity index is 700. The van der Waals surface area contributed by atoms with Crippen LogP contribution in [-0.2, 0) is 6.54 Å². The lowest BCUT2D eigenvalue weighted by molar-refractivity contribution is 0.0934. The highest BCUT2D eigenvalue weighted by molar-refractivity contribution is 5.95. The van der Waals surface area contributed by atoms with Gasteiger partial charge in [-0.25, -0.2) is 0 Å². The molecular weight excluding hydrogens is 288 g/mol. The molecule has 1 saturated carbocycles. The second-order valence-electron chi connectivity index (χ2n) is 6.70. The summed E-state index contributed by atoms with van der Waals surface area (Å²) in [5, 5.41) is 12.3. The minimum Gasteiger partial charge on any atom is -0.396 e. The number of aliphatic hydroxyl groups is 1. The summed E-state index contributed by atoms with van der Waals surface area (Å²) in [6.45, 7) is 5.50. The third-order valence-electron chi connectivity index (χ3n) is 4.92. The third kappa shape index (κ3) is 3.32. The summed E-state index contributed by atoms with van der Waals surface area (Å²) >= 11 is 0. The van der Waals surface area contributed by atoms with E-state index in [1.807, 2.05) is 38.1 Å². The van der Waals surface area contributed by atoms with Crippen molar-refractivity contribution in [1.82, 2.24) is 9.88 Å². The average molecular weight is 312 g/mol. The van der Waals surface area contributed by atoms with E-state index < -0.39 is 0 Å². The molecule has 0 bridgehead atoms. The Balaban J connectivity index is 1.73. The Hall–Kier alpha value is -2.07. The first-order chi connectivity index (χ1) is 11.0. The fourth-order valence-corrected chi connectivity index (χ4v) is 2.97. The zero-order valence-corrected chi connectivity index (χ0v) is 13.8. The van der Waals surface area contributed by atoms with Gasteiger partial charge in [-0.05, 0) is 38.3 Å². The van der Waals surface area contributed by atoms with E-state index in [1.54, 1.807) is 0 Å². The zero-order valence-electron chi connectivity index (χ0n) is 13.8. The first-order valence-electron chi connectivity index (χ1n) is 8.14. The summed E-state index contributed by atoms with van der Waals surface area (Å²) in [6, 6.07) is 12.2. The number of aromatic nitrogens is 1. The first kappa shape index (κ1) is 15.8. The van der Waals surface area contributed by atoms with Crippen molar-refractivity contribution in [2.24, 2.45) is 5.41 Å². The monoisotopic (exact) mass is 312 g/mol. The van der Waals surface area contributed by atoms with Gasteiger partial charge in [-0.2, -0.15) is 0 Å². The molecule has 0 radical (unpaired) electrons. The maximum atomic E-state index is 12.5. The Morgan fingerprint density at radius 3 is 2.57 bits per heavy atom. The molecule has 122 valence electrons. The van der Waals surface area contributed by atoms with E-state index in [9.17, 15) is 9.90 Å². The summed E-state index contributed by atoms with van der Waals surface area (Å²) in [4.78, 5) is 12.5. The van der Waals surface area contributed by atoms with E-state index in [4.69, 9.17) is 0 Å². The minimum absolute atomic E-state index is 0.0443. The minimum atomic E-state index is -0.0643. The van der Waals surface area contributed by atoms with Gasteiger partial charge >= 0.3 is 0 Å². The van der Waals surface area contributed by atoms with Crippen molar-refractivity contribution in [2.75, 3.05) is 13.2 Å². The van der Waals surface area contributed by atoms with E-state index in [0.717, 1.165) is 36.3 Å². The van der Waals surface area contributed by atoms with Crippen LogP contribution in [0.2, 0.25) is 0 Å². The number of nitrogens with one attached hydrogen (secondary N) is 1. The molecule has 1 aromatic heterocycles. The molecule has 0 spiro atoms. The van der Waals surface area contributed by atoms with Crippen LogP contribution in [-0.4, -0.2) is 28.7 Å². The molecule has 1 fully saturated rings. The molecule has 0 saturated heterocycles. The van der Waals surface area contributed by atoms with Gasteiger partial charge in [0, 0.05) is 29.9 Å². The largest absolute Gasteiger partial charge is 0.396 e. The Morgan fingerprint density at radius 2 is 1.96 bits per heavy atom. The molecule has 0 atom stereocenters. The fourth-order valence-electron chi connectivity index (χ4n) is 2.97. The third-order valence-corrected chi connectivity index (χ3v) is 4.92. The number of hydrogen-bond donors (Lipinski definition) is 2. The number of benzene rings is 1. The van der Waals surface area contributed by atoms with Crippen LogP contribution in [0.15, 0.2) is 36.4 Å². The molecule has 1 aliphatic rings. The lowest BCUT2D eigenvalue weighted by atomic mass is 10.1. The van der Waals surface area contributed by atoms with Crippen molar-refractivity contribution in [3.63, 3.8) is 0 Å². The second-order valence-corrected chi connectivity index (χ2v) is 6.70. The number of rotatable bonds is 6. The van der Waals surface area contributed by atoms with Crippen LogP contribution >= 0.6 is 0 Å². The topological polar surface area (TPSA) is 54.3 Å². The number of nitrogens with zero attached hydrogens (tertiary/aromatic N) is 1. The van der Waals surface area contributed by atoms with E-state index in [1.165, 1.54) is 5.56 Å². The predicted molar refractivity (Wildman–Crippen MR) is 90.5 cm³/mol. The van der Waals surface area contributed by atoms with Crippen molar-refractivity contribution >= 4 is 5.91 Å². The fraction of sp³-hybridized carbons (Fsp3) is 0.421. The molecule has 2 aromatic rings. The number of amides is 1. The Kier molecular flexibility index (Phi) is 4.26. The van der Waals surface area contributed by atoms with Crippen LogP contribution < -0.4 is 5.32 Å². The summed E-state index contributed by atoms with van der Waals surface area (Å²) in [5.41, 5.74) is 3.95. The number of aryl methyl sites for hydroxylation is 1. The SMILES string of the molecule is Cc1cc(C(=O)NCC2(CO)CC2)c(C)n1Cc1ccccc1. The van der Waals surface area contributed by atoms with Crippen LogP contribution in [0.3, 0.4) is 0 Å². The molecular formula is C19H24N2O2. The van der Waals surface area contributed by atoms with Gasteiger partial charge in [0.15, 0.2) is 0 Å². The molecule has 0 aliphatic heterocycles. The standard InChI is InChI=1S/C19H24N2O2/c1-14-10-17(18(23)20-12-19(13-22)8-9-19)15(2)21(14)11-16-6-4-3-5-7-16/h3-7,10,22H,8-9,11-13H2,1-2H3,(H,20,23). The van der Waals surface area contributed by atoms with Crippen LogP contribution in [0.5, 0.6) is 0 Å². The molecule has 1 aromatic carbocycles. The zero-order chi connectivity index (χ0) is 16.4. The lowest BCUT2D eigenvalue weighted by Gasteiger charge is -2.13. The van der Waals surface area contributed by atoms with E-state index in [2.05, 4.69) is 22.0 Å². The molecule has 1 aliphatic carbocycles. The average Bonchev–Trinajstić information content (AvgIpc) is 3.30. The molecule has 2 N–H and O–H groups in total. The number of hydrogen-bond acceptors (Lipinski definition) is 2. The smallest absolute Gasteiger partial charge is 0.253 e. The molecule has 4 nitrogen and oxygen atoms in total. The maximum absolute atomic E-state index is 12.5. The van der Waals surface area contributed by atoms with Gasteiger partial charge in [0.25, 0.3) is 5.91 Å². The molecule has 3 rings (SSSR count). The summed E-state index contributed by atoms with van der Waals surface area (Å²) in [5.74, 6) is -0.0443. The Morgan fingerprint density at radius 1 is 1.26 bits per heavy atom. The summed E-state index contributed by atoms with van der Waals surface area (Å²) in [7, 11) is 0. The molecule has 1 amide bonds. The van der Waals surface area contributed by atoms with Gasteiger partial charge in [0.2, 0.25) is 0 Å². The van der Waals surface area contributed by atoms with Gasteiger partial charge in [-0.1, -0.05) is 30.3 Å². The highest BCUT2D eigenvalue weighted by atomic mass is 16.3. The highest BCUT2D eigenvalue weighted by Crippen LogP contribution is 2.44. The van der Waals surface area contributed by atoms with Crippen LogP contribution in [0.25, 0.3) is 0 Å². The van der Waals surface area contributed by atoms with Crippen molar-refractivity contribution in [3.8, 4) is 0 Å². The number of aliphatic hydroxyl groups excluding tert-OH is 1. The van der Waals surface area contributed by atoms with Gasteiger partial charge in [0.1, 0.15) is 0 Å². The van der Waals surface area contributed by atoms with Gasteiger partial charge < -0.3 is 15.0 Å². The molecule has 23 heavy (non-hydrogen) atoms. The van der Waals surface area contributed by atoms with Gasteiger partial charge in [-0.3, -0.25) is 4.79 Å². The predicted octanol–water partition coefficient (Wildman–Crippen LogP) is 2.66. The Labute approximate surface area is 137 Å². The molecule has 0 unspecified atom stereocenters. The first-order valence-corrected chi connectivity index (χ1v) is 8.14. The van der Waals surface area contributed by atoms with Crippen molar-refractivity contribution < 1.29 is 9.90 Å². The molecule has 1 heterocycles. The summed E-state index contributed by atoms with van der Waals surface area (Å²) in [6.07, 6.45) is 1.99. The van der Waals surface area contributed by atoms with Gasteiger partial charge in [-0.15, -0.1) is 0 Å². The number of carbonyl (C=O) groups excluding carboxylic acids is 1. The van der Waals surface area contributed by atoms with Crippen molar-refractivity contribution in [3.05, 3.63) is 58.9 Å². The van der Waals surface area contributed by atoms with Gasteiger partial charge in [0.05, 0.1) is 12.2 Å². The van der Waals surface area contributed by atoms with Crippen LogP contribution in [0.4, 0.5) is 0 Å². The van der Waals surface area contributed by atoms with E-state index >= 15 is 0 Å². The van der Waals surface area contributed by atoms with E-state index in [-0.39, 0.29) is 17.9 Å². The van der Waals surface area contributed by atoms with Crippen LogP contribution in [0, 0.1) is 19.3 Å². The normalized spacial score (nSPS) is 15.4. The summed E-state index contributed by atoms with van der Waals surface area (Å²) < 4.78 is 2.17.